The molecule has 1 aliphatic rings. The molecule has 1 aromatic heterocycles. The van der Waals surface area contributed by atoms with Crippen molar-refractivity contribution in [1.82, 2.24) is 9.88 Å². The van der Waals surface area contributed by atoms with Gasteiger partial charge in [-0.05, 0) is 30.3 Å². The monoisotopic (exact) mass is 393 g/mol. The number of likely N-dealkylation sites (N-methyl/N-ethyl adjacent to an activating group) is 1. The summed E-state index contributed by atoms with van der Waals surface area (Å²) >= 11 is 0. The molecule has 0 aliphatic carbocycles. The molecule has 0 radical (unpaired) electrons. The lowest BCUT2D eigenvalue weighted by Crippen LogP contribution is -2.44. The molecule has 7 heteroatoms. The lowest BCUT2D eigenvalue weighted by atomic mass is 10.0. The minimum atomic E-state index is -1.82. The number of benzene rings is 2. The Kier molecular flexibility index (Phi) is 6.41. The van der Waals surface area contributed by atoms with E-state index in [1.54, 1.807) is 0 Å². The Morgan fingerprint density at radius 1 is 0.862 bits per heavy atom. The summed E-state index contributed by atoms with van der Waals surface area (Å²) in [5.74, 6) is -2.55. The van der Waals surface area contributed by atoms with Crippen LogP contribution < -0.4 is 4.90 Å². The third-order valence-corrected chi connectivity index (χ3v) is 4.80. The molecule has 0 bridgehead atoms. The minimum Gasteiger partial charge on any atom is -0.473 e. The minimum absolute atomic E-state index is 1.04. The normalized spacial score (nSPS) is 14.2. The molecule has 29 heavy (non-hydrogen) atoms. The van der Waals surface area contributed by atoms with Crippen molar-refractivity contribution < 1.29 is 19.8 Å². The first-order valence-electron chi connectivity index (χ1n) is 9.30. The van der Waals surface area contributed by atoms with Crippen LogP contribution in [0.1, 0.15) is 0 Å². The molecular formula is C22H23N3O4. The van der Waals surface area contributed by atoms with E-state index >= 15 is 0 Å². The molecule has 0 amide bonds. The first kappa shape index (κ1) is 20.3. The molecule has 4 rings (SSSR count). The van der Waals surface area contributed by atoms with E-state index < -0.39 is 11.9 Å². The van der Waals surface area contributed by atoms with E-state index in [-0.39, 0.29) is 0 Å². The van der Waals surface area contributed by atoms with Gasteiger partial charge in [-0.25, -0.2) is 14.6 Å². The number of carboxylic acids is 2. The van der Waals surface area contributed by atoms with Crippen LogP contribution in [-0.4, -0.2) is 65.3 Å². The molecule has 0 spiro atoms. The van der Waals surface area contributed by atoms with Crippen LogP contribution in [0.3, 0.4) is 0 Å². The second-order valence-electron chi connectivity index (χ2n) is 6.81. The molecule has 0 atom stereocenters. The zero-order valence-corrected chi connectivity index (χ0v) is 16.2. The predicted octanol–water partition coefficient (Wildman–Crippen LogP) is 2.81. The van der Waals surface area contributed by atoms with Gasteiger partial charge < -0.3 is 20.0 Å². The largest absolute Gasteiger partial charge is 0.473 e. The van der Waals surface area contributed by atoms with Crippen molar-refractivity contribution in [3.8, 4) is 11.1 Å². The topological polar surface area (TPSA) is 94.0 Å². The summed E-state index contributed by atoms with van der Waals surface area (Å²) in [6.45, 7) is 4.26. The van der Waals surface area contributed by atoms with E-state index in [1.807, 2.05) is 0 Å². The highest BCUT2D eigenvalue weighted by atomic mass is 16.4. The molecule has 1 aliphatic heterocycles. The predicted molar refractivity (Wildman–Crippen MR) is 112 cm³/mol. The van der Waals surface area contributed by atoms with Crippen LogP contribution in [0.5, 0.6) is 0 Å². The van der Waals surface area contributed by atoms with Crippen LogP contribution >= 0.6 is 0 Å². The smallest absolute Gasteiger partial charge is 0.414 e. The number of piperazine rings is 1. The fourth-order valence-electron chi connectivity index (χ4n) is 3.22. The quantitative estimate of drug-likeness (QED) is 0.647. The average Bonchev–Trinajstić information content (AvgIpc) is 2.74. The molecule has 2 aromatic carbocycles. The number of carbonyl (C=O) groups is 2. The molecule has 3 aromatic rings. The summed E-state index contributed by atoms with van der Waals surface area (Å²) in [4.78, 5) is 27.9. The number of para-hydroxylation sites is 1. The van der Waals surface area contributed by atoms with E-state index in [0.29, 0.717) is 0 Å². The van der Waals surface area contributed by atoms with Crippen LogP contribution in [0.25, 0.3) is 22.0 Å². The third-order valence-electron chi connectivity index (χ3n) is 4.80. The van der Waals surface area contributed by atoms with Crippen LogP contribution in [0.2, 0.25) is 0 Å². The van der Waals surface area contributed by atoms with Crippen molar-refractivity contribution >= 4 is 28.7 Å². The van der Waals surface area contributed by atoms with Crippen LogP contribution in [0, 0.1) is 0 Å². The Morgan fingerprint density at radius 2 is 1.45 bits per heavy atom. The van der Waals surface area contributed by atoms with Crippen LogP contribution in [0.4, 0.5) is 5.82 Å². The highest BCUT2D eigenvalue weighted by molar-refractivity contribution is 6.27. The number of carboxylic acid groups (broad SMARTS) is 2. The standard InChI is InChI=1S/C20H21N3.C2H2O4/c1-22-11-13-23(14-12-22)20-15-18(16-7-3-2-4-8-16)17-9-5-6-10-19(17)21-20;3-1(4)2(5)6/h2-10,15H,11-14H2,1H3;(H,3,4)(H,5,6). The summed E-state index contributed by atoms with van der Waals surface area (Å²) in [5.41, 5.74) is 3.59. The summed E-state index contributed by atoms with van der Waals surface area (Å²) in [6, 6.07) is 21.3. The summed E-state index contributed by atoms with van der Waals surface area (Å²) in [7, 11) is 2.18. The number of hydrogen-bond acceptors (Lipinski definition) is 5. The number of pyridine rings is 1. The zero-order chi connectivity index (χ0) is 20.8. The van der Waals surface area contributed by atoms with Gasteiger partial charge in [-0.3, -0.25) is 0 Å². The first-order chi connectivity index (χ1) is 14.0. The van der Waals surface area contributed by atoms with E-state index in [4.69, 9.17) is 24.8 Å². The molecule has 1 saturated heterocycles. The number of nitrogens with zero attached hydrogens (tertiary/aromatic N) is 3. The Labute approximate surface area is 168 Å². The Hall–Kier alpha value is -3.45. The van der Waals surface area contributed by atoms with Gasteiger partial charge in [0.05, 0.1) is 5.52 Å². The van der Waals surface area contributed by atoms with Gasteiger partial charge in [0.15, 0.2) is 0 Å². The summed E-state index contributed by atoms with van der Waals surface area (Å²) in [5, 5.41) is 16.0. The number of aliphatic carboxylic acids is 2. The van der Waals surface area contributed by atoms with Gasteiger partial charge in [-0.15, -0.1) is 0 Å². The molecule has 1 fully saturated rings. The lowest BCUT2D eigenvalue weighted by molar-refractivity contribution is -0.159. The van der Waals surface area contributed by atoms with Gasteiger partial charge in [-0.2, -0.15) is 0 Å². The number of aromatic nitrogens is 1. The zero-order valence-electron chi connectivity index (χ0n) is 16.2. The number of hydrogen-bond donors (Lipinski definition) is 2. The average molecular weight is 393 g/mol. The maximum absolute atomic E-state index is 9.10. The summed E-state index contributed by atoms with van der Waals surface area (Å²) < 4.78 is 0. The van der Waals surface area contributed by atoms with Gasteiger partial charge >= 0.3 is 11.9 Å². The van der Waals surface area contributed by atoms with Gasteiger partial charge in [-0.1, -0.05) is 48.5 Å². The first-order valence-corrected chi connectivity index (χ1v) is 9.30. The fraction of sp³-hybridized carbons (Fsp3) is 0.227. The molecule has 150 valence electrons. The second-order valence-corrected chi connectivity index (χ2v) is 6.81. The van der Waals surface area contributed by atoms with E-state index in [2.05, 4.69) is 77.5 Å². The third kappa shape index (κ3) is 5.08. The fourth-order valence-corrected chi connectivity index (χ4v) is 3.22. The Balaban J connectivity index is 0.000000353. The Bertz CT molecular complexity index is 987. The number of anilines is 1. The Morgan fingerprint density at radius 3 is 2.07 bits per heavy atom. The maximum Gasteiger partial charge on any atom is 0.414 e. The van der Waals surface area contributed by atoms with Crippen molar-refractivity contribution in [3.05, 3.63) is 60.7 Å². The van der Waals surface area contributed by atoms with Crippen molar-refractivity contribution in [1.29, 1.82) is 0 Å². The SMILES string of the molecule is CN1CCN(c2cc(-c3ccccc3)c3ccccc3n2)CC1.O=C(O)C(=O)O. The molecular weight excluding hydrogens is 370 g/mol. The van der Waals surface area contributed by atoms with E-state index in [1.165, 1.54) is 16.5 Å². The highest BCUT2D eigenvalue weighted by Gasteiger charge is 2.17. The molecule has 0 unspecified atom stereocenters. The van der Waals surface area contributed by atoms with Crippen LogP contribution in [-0.2, 0) is 9.59 Å². The van der Waals surface area contributed by atoms with E-state index in [9.17, 15) is 0 Å². The lowest BCUT2D eigenvalue weighted by Gasteiger charge is -2.33. The van der Waals surface area contributed by atoms with Crippen molar-refractivity contribution in [2.24, 2.45) is 0 Å². The molecule has 0 saturated carbocycles. The molecule has 2 N–H and O–H groups in total. The van der Waals surface area contributed by atoms with E-state index in [0.717, 1.165) is 37.5 Å². The van der Waals surface area contributed by atoms with Gasteiger partial charge in [0, 0.05) is 31.6 Å². The number of rotatable bonds is 2. The summed E-state index contributed by atoms with van der Waals surface area (Å²) in [6.07, 6.45) is 0. The van der Waals surface area contributed by atoms with Crippen molar-refractivity contribution in [2.75, 3.05) is 38.1 Å². The van der Waals surface area contributed by atoms with Gasteiger partial charge in [0.25, 0.3) is 0 Å². The van der Waals surface area contributed by atoms with Crippen molar-refractivity contribution in [2.45, 2.75) is 0 Å². The van der Waals surface area contributed by atoms with Crippen LogP contribution in [0.15, 0.2) is 60.7 Å². The molecule has 7 nitrogen and oxygen atoms in total. The maximum atomic E-state index is 9.10. The van der Waals surface area contributed by atoms with Crippen molar-refractivity contribution in [3.63, 3.8) is 0 Å². The van der Waals surface area contributed by atoms with Gasteiger partial charge in [0.1, 0.15) is 5.82 Å². The molecule has 2 heterocycles. The highest BCUT2D eigenvalue weighted by Crippen LogP contribution is 2.31. The number of fused-ring (bicyclic) bond motifs is 1. The second kappa shape index (κ2) is 9.16. The van der Waals surface area contributed by atoms with Gasteiger partial charge in [0.2, 0.25) is 0 Å².